The van der Waals surface area contributed by atoms with Gasteiger partial charge in [0.25, 0.3) is 0 Å². The van der Waals surface area contributed by atoms with Gasteiger partial charge in [0.2, 0.25) is 0 Å². The second kappa shape index (κ2) is 5.27. The number of hydrogen-bond acceptors (Lipinski definition) is 3. The van der Waals surface area contributed by atoms with Gasteiger partial charge in [-0.15, -0.1) is 0 Å². The number of hydrogen-bond donors (Lipinski definition) is 2. The van der Waals surface area contributed by atoms with Crippen molar-refractivity contribution in [1.29, 1.82) is 0 Å². The van der Waals surface area contributed by atoms with Gasteiger partial charge in [-0.2, -0.15) is 0 Å². The Kier molecular flexibility index (Phi) is 3.97. The van der Waals surface area contributed by atoms with Gasteiger partial charge in [-0.05, 0) is 12.8 Å². The lowest BCUT2D eigenvalue weighted by Gasteiger charge is -2.36. The van der Waals surface area contributed by atoms with E-state index in [1.165, 1.54) is 12.8 Å². The lowest BCUT2D eigenvalue weighted by molar-refractivity contribution is -0.139. The number of carboxylic acids is 1. The summed E-state index contributed by atoms with van der Waals surface area (Å²) in [6.07, 6.45) is 6.65. The Balaban J connectivity index is 2.06. The first-order chi connectivity index (χ1) is 7.68. The maximum Gasteiger partial charge on any atom is 0.321 e. The van der Waals surface area contributed by atoms with Crippen molar-refractivity contribution < 1.29 is 14.1 Å². The number of fused-ring (bicyclic) bond motifs is 1. The van der Waals surface area contributed by atoms with Gasteiger partial charge in [-0.25, -0.2) is 0 Å². The minimum Gasteiger partial charge on any atom is -0.480 e. The zero-order valence-corrected chi connectivity index (χ0v) is 10.2. The van der Waals surface area contributed by atoms with Crippen LogP contribution in [-0.2, 0) is 15.6 Å². The Labute approximate surface area is 98.3 Å². The third kappa shape index (κ3) is 2.63. The third-order valence-electron chi connectivity index (χ3n) is 3.58. The van der Waals surface area contributed by atoms with Crippen LogP contribution >= 0.6 is 0 Å². The first-order valence-electron chi connectivity index (χ1n) is 6.04. The highest BCUT2D eigenvalue weighted by atomic mass is 32.2. The van der Waals surface area contributed by atoms with E-state index in [0.717, 1.165) is 25.7 Å². The van der Waals surface area contributed by atoms with Crippen LogP contribution in [0.4, 0.5) is 0 Å². The first-order valence-corrected chi connectivity index (χ1v) is 7.42. The predicted molar refractivity (Wildman–Crippen MR) is 62.8 cm³/mol. The molecule has 0 aromatic rings. The standard InChI is InChI=1S/C11H19NO3S/c13-11(14)9-7-16(15)10-6-4-2-1-3-5-8(10)12-9/h8-10,12H,1-7H2,(H,13,14). The van der Waals surface area contributed by atoms with Gasteiger partial charge < -0.3 is 5.11 Å². The zero-order chi connectivity index (χ0) is 11.5. The van der Waals surface area contributed by atoms with Crippen LogP contribution in [0.2, 0.25) is 0 Å². The van der Waals surface area contributed by atoms with Crippen LogP contribution in [0.3, 0.4) is 0 Å². The smallest absolute Gasteiger partial charge is 0.321 e. The normalized spacial score (nSPS) is 40.5. The van der Waals surface area contributed by atoms with Gasteiger partial charge in [-0.1, -0.05) is 25.7 Å². The van der Waals surface area contributed by atoms with Gasteiger partial charge in [0.1, 0.15) is 6.04 Å². The lowest BCUT2D eigenvalue weighted by Crippen LogP contribution is -2.58. The molecule has 0 amide bonds. The van der Waals surface area contributed by atoms with E-state index in [1.54, 1.807) is 0 Å². The molecule has 0 spiro atoms. The van der Waals surface area contributed by atoms with Crippen LogP contribution in [-0.4, -0.2) is 38.4 Å². The monoisotopic (exact) mass is 245 g/mol. The second-order valence-electron chi connectivity index (χ2n) is 4.74. The molecule has 0 radical (unpaired) electrons. The molecule has 0 aromatic heterocycles. The molecular formula is C11H19NO3S. The number of nitrogens with one attached hydrogen (secondary N) is 1. The van der Waals surface area contributed by atoms with Crippen molar-refractivity contribution in [3.8, 4) is 0 Å². The molecule has 2 rings (SSSR count). The quantitative estimate of drug-likeness (QED) is 0.720. The fourth-order valence-electron chi connectivity index (χ4n) is 2.69. The molecule has 4 nitrogen and oxygen atoms in total. The Morgan fingerprint density at radius 2 is 1.88 bits per heavy atom. The topological polar surface area (TPSA) is 66.4 Å². The average Bonchev–Trinajstić information content (AvgIpc) is 2.19. The Bertz CT molecular complexity index is 295. The summed E-state index contributed by atoms with van der Waals surface area (Å²) < 4.78 is 12.0. The summed E-state index contributed by atoms with van der Waals surface area (Å²) in [5.41, 5.74) is 0. The number of carbonyl (C=O) groups is 1. The Hall–Kier alpha value is -0.420. The first kappa shape index (κ1) is 12.0. The Morgan fingerprint density at radius 3 is 2.56 bits per heavy atom. The second-order valence-corrected chi connectivity index (χ2v) is 6.44. The molecule has 2 fully saturated rings. The van der Waals surface area contributed by atoms with E-state index in [0.29, 0.717) is 0 Å². The van der Waals surface area contributed by atoms with E-state index in [4.69, 9.17) is 5.11 Å². The van der Waals surface area contributed by atoms with Crippen molar-refractivity contribution in [2.45, 2.75) is 55.9 Å². The molecule has 2 aliphatic rings. The summed E-state index contributed by atoms with van der Waals surface area (Å²) in [4.78, 5) is 10.9. The fraction of sp³-hybridized carbons (Fsp3) is 0.909. The van der Waals surface area contributed by atoms with Gasteiger partial charge in [0.15, 0.2) is 0 Å². The summed E-state index contributed by atoms with van der Waals surface area (Å²) in [5.74, 6) is -0.592. The van der Waals surface area contributed by atoms with Crippen molar-refractivity contribution in [3.05, 3.63) is 0 Å². The van der Waals surface area contributed by atoms with E-state index in [9.17, 15) is 9.00 Å². The van der Waals surface area contributed by atoms with Crippen molar-refractivity contribution in [2.75, 3.05) is 5.75 Å². The van der Waals surface area contributed by atoms with E-state index in [2.05, 4.69) is 5.32 Å². The average molecular weight is 245 g/mol. The van der Waals surface area contributed by atoms with E-state index in [1.807, 2.05) is 0 Å². The maximum atomic E-state index is 12.0. The van der Waals surface area contributed by atoms with Crippen LogP contribution < -0.4 is 5.32 Å². The lowest BCUT2D eigenvalue weighted by atomic mass is 9.95. The largest absolute Gasteiger partial charge is 0.480 e. The molecular weight excluding hydrogens is 226 g/mol. The Morgan fingerprint density at radius 1 is 1.19 bits per heavy atom. The van der Waals surface area contributed by atoms with E-state index >= 15 is 0 Å². The molecule has 1 saturated heterocycles. The molecule has 16 heavy (non-hydrogen) atoms. The molecule has 4 atom stereocenters. The highest BCUT2D eigenvalue weighted by Crippen LogP contribution is 2.25. The molecule has 1 aliphatic heterocycles. The molecule has 0 bridgehead atoms. The summed E-state index contributed by atoms with van der Waals surface area (Å²) in [6, 6.07) is -0.461. The minimum absolute atomic E-state index is 0.149. The SMILES string of the molecule is O=C(O)C1CS(=O)C2CCCCCCC2N1. The summed E-state index contributed by atoms with van der Waals surface area (Å²) in [6.45, 7) is 0. The van der Waals surface area contributed by atoms with Crippen LogP contribution in [0.1, 0.15) is 38.5 Å². The van der Waals surface area contributed by atoms with Crippen molar-refractivity contribution >= 4 is 16.8 Å². The molecule has 5 heteroatoms. The van der Waals surface area contributed by atoms with Crippen molar-refractivity contribution in [2.24, 2.45) is 0 Å². The summed E-state index contributed by atoms with van der Waals surface area (Å²) >= 11 is 0. The minimum atomic E-state index is -0.970. The van der Waals surface area contributed by atoms with E-state index < -0.39 is 22.8 Å². The highest BCUT2D eigenvalue weighted by molar-refractivity contribution is 7.85. The predicted octanol–water partition coefficient (Wildman–Crippen LogP) is 0.883. The summed E-state index contributed by atoms with van der Waals surface area (Å²) in [7, 11) is -0.970. The number of aliphatic carboxylic acids is 1. The molecule has 4 unspecified atom stereocenters. The van der Waals surface area contributed by atoms with Gasteiger partial charge in [0.05, 0.1) is 5.25 Å². The summed E-state index contributed by atoms with van der Waals surface area (Å²) in [5, 5.41) is 12.3. The maximum absolute atomic E-state index is 12.0. The molecule has 1 saturated carbocycles. The molecule has 2 N–H and O–H groups in total. The van der Waals surface area contributed by atoms with Crippen molar-refractivity contribution in [3.63, 3.8) is 0 Å². The van der Waals surface area contributed by atoms with Gasteiger partial charge in [0, 0.05) is 22.6 Å². The van der Waals surface area contributed by atoms with Crippen LogP contribution in [0.25, 0.3) is 0 Å². The van der Waals surface area contributed by atoms with Crippen molar-refractivity contribution in [1.82, 2.24) is 5.32 Å². The zero-order valence-electron chi connectivity index (χ0n) is 9.35. The highest BCUT2D eigenvalue weighted by Gasteiger charge is 2.37. The van der Waals surface area contributed by atoms with E-state index in [-0.39, 0.29) is 17.0 Å². The van der Waals surface area contributed by atoms with Gasteiger partial charge in [-0.3, -0.25) is 14.3 Å². The molecule has 92 valence electrons. The van der Waals surface area contributed by atoms with Crippen LogP contribution in [0.15, 0.2) is 0 Å². The van der Waals surface area contributed by atoms with Crippen LogP contribution in [0.5, 0.6) is 0 Å². The third-order valence-corrected chi connectivity index (χ3v) is 5.49. The fourth-order valence-corrected chi connectivity index (χ4v) is 4.52. The molecule has 0 aromatic carbocycles. The number of rotatable bonds is 1. The molecule has 1 aliphatic carbocycles. The van der Waals surface area contributed by atoms with Gasteiger partial charge >= 0.3 is 5.97 Å². The van der Waals surface area contributed by atoms with Crippen LogP contribution in [0, 0.1) is 0 Å². The number of carboxylic acid groups (broad SMARTS) is 1. The molecule has 1 heterocycles.